The van der Waals surface area contributed by atoms with Crippen LogP contribution in [0.1, 0.15) is 38.2 Å². The summed E-state index contributed by atoms with van der Waals surface area (Å²) in [5.41, 5.74) is 4.81. The normalized spacial score (nSPS) is 12.5. The van der Waals surface area contributed by atoms with Gasteiger partial charge in [-0.1, -0.05) is 44.5 Å². The maximum atomic E-state index is 5.40. The number of aromatic nitrogens is 2. The maximum absolute atomic E-state index is 5.40. The first-order chi connectivity index (χ1) is 10.7. The van der Waals surface area contributed by atoms with E-state index in [-0.39, 0.29) is 0 Å². The van der Waals surface area contributed by atoms with Crippen LogP contribution in [0.15, 0.2) is 53.4 Å². The predicted octanol–water partition coefficient (Wildman–Crippen LogP) is 5.25. The van der Waals surface area contributed by atoms with E-state index in [2.05, 4.69) is 59.9 Å². The van der Waals surface area contributed by atoms with E-state index in [4.69, 9.17) is 4.42 Å². The highest BCUT2D eigenvalue weighted by Crippen LogP contribution is 2.29. The highest BCUT2D eigenvalue weighted by atomic mass is 16.3. The Labute approximate surface area is 131 Å². The summed E-state index contributed by atoms with van der Waals surface area (Å²) >= 11 is 0. The molecule has 0 amide bonds. The van der Waals surface area contributed by atoms with Gasteiger partial charge in [0.25, 0.3) is 0 Å². The van der Waals surface area contributed by atoms with E-state index >= 15 is 0 Å². The summed E-state index contributed by atoms with van der Waals surface area (Å²) < 4.78 is 7.45. The third-order valence-electron chi connectivity index (χ3n) is 4.19. The summed E-state index contributed by atoms with van der Waals surface area (Å²) in [6, 6.07) is 11.0. The Morgan fingerprint density at radius 1 is 1.18 bits per heavy atom. The van der Waals surface area contributed by atoms with Crippen molar-refractivity contribution in [1.82, 2.24) is 9.55 Å². The SMILES string of the molecule is CCCC(C)c1ccc(-c2cc(-c3ncco3)n(C)c2)cc1. The Kier molecular flexibility index (Phi) is 4.14. The Morgan fingerprint density at radius 2 is 1.95 bits per heavy atom. The molecule has 0 aliphatic rings. The van der Waals surface area contributed by atoms with Crippen molar-refractivity contribution in [3.8, 4) is 22.7 Å². The minimum absolute atomic E-state index is 0.623. The van der Waals surface area contributed by atoms with E-state index in [1.807, 2.05) is 7.05 Å². The number of hydrogen-bond donors (Lipinski definition) is 0. The zero-order chi connectivity index (χ0) is 15.5. The lowest BCUT2D eigenvalue weighted by Gasteiger charge is -2.10. The van der Waals surface area contributed by atoms with Gasteiger partial charge in [-0.25, -0.2) is 4.98 Å². The van der Waals surface area contributed by atoms with Gasteiger partial charge in [-0.2, -0.15) is 0 Å². The highest BCUT2D eigenvalue weighted by Gasteiger charge is 2.11. The van der Waals surface area contributed by atoms with Crippen LogP contribution in [0.25, 0.3) is 22.7 Å². The van der Waals surface area contributed by atoms with Crippen molar-refractivity contribution in [3.05, 3.63) is 54.6 Å². The number of rotatable bonds is 5. The number of hydrogen-bond acceptors (Lipinski definition) is 2. The van der Waals surface area contributed by atoms with Gasteiger partial charge in [-0.15, -0.1) is 0 Å². The smallest absolute Gasteiger partial charge is 0.242 e. The molecular weight excluding hydrogens is 272 g/mol. The molecular formula is C19H22N2O. The van der Waals surface area contributed by atoms with Gasteiger partial charge >= 0.3 is 0 Å². The second-order valence-electron chi connectivity index (χ2n) is 5.87. The van der Waals surface area contributed by atoms with Gasteiger partial charge in [-0.05, 0) is 29.5 Å². The maximum Gasteiger partial charge on any atom is 0.242 e. The Morgan fingerprint density at radius 3 is 2.59 bits per heavy atom. The quantitative estimate of drug-likeness (QED) is 0.643. The molecule has 2 heterocycles. The second kappa shape index (κ2) is 6.22. The fourth-order valence-corrected chi connectivity index (χ4v) is 2.89. The molecule has 0 bridgehead atoms. The fraction of sp³-hybridized carbons (Fsp3) is 0.316. The van der Waals surface area contributed by atoms with Gasteiger partial charge in [0.15, 0.2) is 0 Å². The summed E-state index contributed by atoms with van der Waals surface area (Å²) in [6.07, 6.45) is 7.85. The average Bonchev–Trinajstić information content (AvgIpc) is 3.17. The van der Waals surface area contributed by atoms with Crippen LogP contribution in [0, 0.1) is 0 Å². The lowest BCUT2D eigenvalue weighted by Crippen LogP contribution is -1.92. The van der Waals surface area contributed by atoms with Crippen molar-refractivity contribution in [2.75, 3.05) is 0 Å². The zero-order valence-electron chi connectivity index (χ0n) is 13.4. The first-order valence-electron chi connectivity index (χ1n) is 7.85. The summed E-state index contributed by atoms with van der Waals surface area (Å²) in [7, 11) is 2.01. The molecule has 2 aromatic heterocycles. The Bertz CT molecular complexity index is 723. The van der Waals surface area contributed by atoms with Crippen molar-refractivity contribution in [1.29, 1.82) is 0 Å². The summed E-state index contributed by atoms with van der Waals surface area (Å²) in [4.78, 5) is 4.22. The molecule has 1 aromatic carbocycles. The van der Waals surface area contributed by atoms with Crippen molar-refractivity contribution >= 4 is 0 Å². The molecule has 0 aliphatic carbocycles. The van der Waals surface area contributed by atoms with Crippen LogP contribution >= 0.6 is 0 Å². The van der Waals surface area contributed by atoms with Crippen LogP contribution < -0.4 is 0 Å². The van der Waals surface area contributed by atoms with Gasteiger partial charge in [0.05, 0.1) is 6.20 Å². The first-order valence-corrected chi connectivity index (χ1v) is 7.85. The minimum Gasteiger partial charge on any atom is -0.443 e. The second-order valence-corrected chi connectivity index (χ2v) is 5.87. The summed E-state index contributed by atoms with van der Waals surface area (Å²) in [6.45, 7) is 4.53. The number of oxazole rings is 1. The molecule has 0 spiro atoms. The van der Waals surface area contributed by atoms with Crippen LogP contribution in [-0.4, -0.2) is 9.55 Å². The molecule has 1 unspecified atom stereocenters. The van der Waals surface area contributed by atoms with Crippen LogP contribution in [0.5, 0.6) is 0 Å². The number of nitrogens with zero attached hydrogens (tertiary/aromatic N) is 2. The monoisotopic (exact) mass is 294 g/mol. The number of aryl methyl sites for hydroxylation is 1. The third-order valence-corrected chi connectivity index (χ3v) is 4.19. The van der Waals surface area contributed by atoms with Crippen LogP contribution in [0.3, 0.4) is 0 Å². The van der Waals surface area contributed by atoms with E-state index in [1.165, 1.54) is 29.5 Å². The van der Waals surface area contributed by atoms with Crippen molar-refractivity contribution in [2.24, 2.45) is 7.05 Å². The molecule has 3 heteroatoms. The molecule has 114 valence electrons. The lowest BCUT2D eigenvalue weighted by atomic mass is 9.95. The minimum atomic E-state index is 0.623. The molecule has 0 N–H and O–H groups in total. The zero-order valence-corrected chi connectivity index (χ0v) is 13.4. The lowest BCUT2D eigenvalue weighted by molar-refractivity contribution is 0.568. The van der Waals surface area contributed by atoms with Crippen LogP contribution in [0.4, 0.5) is 0 Å². The van der Waals surface area contributed by atoms with Crippen molar-refractivity contribution in [3.63, 3.8) is 0 Å². The van der Waals surface area contributed by atoms with E-state index in [9.17, 15) is 0 Å². The largest absolute Gasteiger partial charge is 0.443 e. The van der Waals surface area contributed by atoms with Crippen molar-refractivity contribution < 1.29 is 4.42 Å². The Balaban J connectivity index is 1.87. The average molecular weight is 294 g/mol. The van der Waals surface area contributed by atoms with Gasteiger partial charge in [0.1, 0.15) is 12.0 Å². The molecule has 22 heavy (non-hydrogen) atoms. The number of benzene rings is 1. The van der Waals surface area contributed by atoms with Gasteiger partial charge in [0.2, 0.25) is 5.89 Å². The fourth-order valence-electron chi connectivity index (χ4n) is 2.89. The topological polar surface area (TPSA) is 31.0 Å². The van der Waals surface area contributed by atoms with Gasteiger partial charge in [0, 0.05) is 18.8 Å². The Hall–Kier alpha value is -2.29. The first kappa shape index (κ1) is 14.6. The van der Waals surface area contributed by atoms with Crippen LogP contribution in [-0.2, 0) is 7.05 Å². The van der Waals surface area contributed by atoms with Gasteiger partial charge < -0.3 is 8.98 Å². The van der Waals surface area contributed by atoms with E-state index in [0.29, 0.717) is 11.8 Å². The van der Waals surface area contributed by atoms with E-state index in [1.54, 1.807) is 12.5 Å². The molecule has 3 aromatic rings. The van der Waals surface area contributed by atoms with Crippen LogP contribution in [0.2, 0.25) is 0 Å². The van der Waals surface area contributed by atoms with E-state index < -0.39 is 0 Å². The predicted molar refractivity (Wildman–Crippen MR) is 89.7 cm³/mol. The molecule has 3 nitrogen and oxygen atoms in total. The highest BCUT2D eigenvalue weighted by molar-refractivity contribution is 5.69. The molecule has 0 aliphatic heterocycles. The molecule has 3 rings (SSSR count). The van der Waals surface area contributed by atoms with Gasteiger partial charge in [-0.3, -0.25) is 0 Å². The van der Waals surface area contributed by atoms with Crippen molar-refractivity contribution in [2.45, 2.75) is 32.6 Å². The molecule has 0 fully saturated rings. The standard InChI is InChI=1S/C19H22N2O/c1-4-5-14(2)15-6-8-16(9-7-15)17-12-18(21(3)13-17)19-20-10-11-22-19/h6-14H,4-5H2,1-3H3. The third kappa shape index (κ3) is 2.84. The van der Waals surface area contributed by atoms with E-state index in [0.717, 1.165) is 5.69 Å². The molecule has 0 saturated heterocycles. The summed E-state index contributed by atoms with van der Waals surface area (Å²) in [5.74, 6) is 1.28. The molecule has 1 atom stereocenters. The summed E-state index contributed by atoms with van der Waals surface area (Å²) in [5, 5.41) is 0. The molecule has 0 saturated carbocycles. The molecule has 0 radical (unpaired) electrons.